The van der Waals surface area contributed by atoms with E-state index in [4.69, 9.17) is 10.3 Å². The number of amides is 1. The fraction of sp³-hybridized carbons (Fsp3) is 0.200. The van der Waals surface area contributed by atoms with Gasteiger partial charge in [-0.3, -0.25) is 4.79 Å². The molecule has 0 fully saturated rings. The molecule has 23 heavy (non-hydrogen) atoms. The molecule has 0 saturated heterocycles. The second-order valence-corrected chi connectivity index (χ2v) is 6.04. The first kappa shape index (κ1) is 15.2. The van der Waals surface area contributed by atoms with E-state index in [1.54, 1.807) is 14.0 Å². The summed E-state index contributed by atoms with van der Waals surface area (Å²) in [5.74, 6) is 0.700. The molecule has 7 nitrogen and oxygen atoms in total. The summed E-state index contributed by atoms with van der Waals surface area (Å²) in [6.45, 7) is 1.98. The molecule has 1 aromatic carbocycles. The van der Waals surface area contributed by atoms with Crippen molar-refractivity contribution in [1.29, 1.82) is 0 Å². The van der Waals surface area contributed by atoms with Crippen LogP contribution in [0.3, 0.4) is 0 Å². The lowest BCUT2D eigenvalue weighted by molar-refractivity contribution is 0.0773. The summed E-state index contributed by atoms with van der Waals surface area (Å²) >= 11 is 1.17. The number of nitrogens with zero attached hydrogens (tertiary/aromatic N) is 4. The predicted molar refractivity (Wildman–Crippen MR) is 86.8 cm³/mol. The van der Waals surface area contributed by atoms with Crippen molar-refractivity contribution in [2.45, 2.75) is 13.5 Å². The topological polar surface area (TPSA) is 98.1 Å². The molecule has 0 saturated carbocycles. The summed E-state index contributed by atoms with van der Waals surface area (Å²) in [6.07, 6.45) is 0. The highest BCUT2D eigenvalue weighted by atomic mass is 32.1. The number of nitrogen functional groups attached to an aromatic ring is 1. The molecule has 8 heteroatoms. The first-order valence-electron chi connectivity index (χ1n) is 6.91. The summed E-state index contributed by atoms with van der Waals surface area (Å²) in [7, 11) is 1.67. The van der Waals surface area contributed by atoms with E-state index < -0.39 is 0 Å². The zero-order valence-electron chi connectivity index (χ0n) is 12.7. The van der Waals surface area contributed by atoms with Gasteiger partial charge in [0.1, 0.15) is 11.4 Å². The highest BCUT2D eigenvalue weighted by Crippen LogP contribution is 2.22. The van der Waals surface area contributed by atoms with Crippen molar-refractivity contribution in [2.24, 2.45) is 0 Å². The second kappa shape index (κ2) is 6.17. The molecule has 0 aliphatic carbocycles. The zero-order valence-corrected chi connectivity index (χ0v) is 13.5. The third-order valence-electron chi connectivity index (χ3n) is 3.23. The summed E-state index contributed by atoms with van der Waals surface area (Å²) < 4.78 is 5.22. The molecule has 118 valence electrons. The van der Waals surface area contributed by atoms with Crippen LogP contribution in [-0.2, 0) is 6.54 Å². The molecule has 2 aromatic heterocycles. The third-order valence-corrected chi connectivity index (χ3v) is 4.20. The molecule has 3 aromatic rings. The van der Waals surface area contributed by atoms with E-state index >= 15 is 0 Å². The van der Waals surface area contributed by atoms with Crippen LogP contribution in [0.25, 0.3) is 11.4 Å². The van der Waals surface area contributed by atoms with Gasteiger partial charge in [0.05, 0.1) is 5.69 Å². The van der Waals surface area contributed by atoms with Crippen molar-refractivity contribution in [3.63, 3.8) is 0 Å². The van der Waals surface area contributed by atoms with Gasteiger partial charge in [-0.1, -0.05) is 46.8 Å². The molecule has 0 atom stereocenters. The first-order valence-corrected chi connectivity index (χ1v) is 7.72. The summed E-state index contributed by atoms with van der Waals surface area (Å²) in [4.78, 5) is 22.8. The molecule has 0 bridgehead atoms. The Kier molecular flexibility index (Phi) is 4.07. The van der Waals surface area contributed by atoms with E-state index in [-0.39, 0.29) is 12.5 Å². The summed E-state index contributed by atoms with van der Waals surface area (Å²) in [5, 5.41) is 4.32. The van der Waals surface area contributed by atoms with Crippen LogP contribution in [0.2, 0.25) is 0 Å². The fourth-order valence-electron chi connectivity index (χ4n) is 2.09. The van der Waals surface area contributed by atoms with Gasteiger partial charge in [-0.25, -0.2) is 4.98 Å². The Morgan fingerprint density at radius 1 is 1.30 bits per heavy atom. The Morgan fingerprint density at radius 3 is 2.70 bits per heavy atom. The van der Waals surface area contributed by atoms with E-state index in [1.165, 1.54) is 16.2 Å². The SMILES string of the molecule is Cc1nc(N)sc1C(=O)N(C)Cc1nc(-c2ccccc2)no1. The minimum absolute atomic E-state index is 0.170. The highest BCUT2D eigenvalue weighted by molar-refractivity contribution is 7.17. The number of carbonyl (C=O) groups is 1. The maximum absolute atomic E-state index is 12.4. The van der Waals surface area contributed by atoms with Gasteiger partial charge in [-0.15, -0.1) is 0 Å². The first-order chi connectivity index (χ1) is 11.0. The van der Waals surface area contributed by atoms with Crippen molar-refractivity contribution < 1.29 is 9.32 Å². The van der Waals surface area contributed by atoms with Gasteiger partial charge in [0.15, 0.2) is 5.13 Å². The maximum Gasteiger partial charge on any atom is 0.266 e. The van der Waals surface area contributed by atoms with Crippen LogP contribution in [-0.4, -0.2) is 33.0 Å². The molecule has 2 N–H and O–H groups in total. The van der Waals surface area contributed by atoms with Crippen molar-refractivity contribution in [3.05, 3.63) is 46.8 Å². The minimum atomic E-state index is -0.170. The lowest BCUT2D eigenvalue weighted by Gasteiger charge is -2.13. The van der Waals surface area contributed by atoms with Gasteiger partial charge in [-0.2, -0.15) is 4.98 Å². The molecule has 2 heterocycles. The summed E-state index contributed by atoms with van der Waals surface area (Å²) in [5.41, 5.74) is 7.12. The number of hydrogen-bond donors (Lipinski definition) is 1. The number of rotatable bonds is 4. The van der Waals surface area contributed by atoms with Crippen molar-refractivity contribution >= 4 is 22.4 Å². The van der Waals surface area contributed by atoms with Crippen molar-refractivity contribution in [3.8, 4) is 11.4 Å². The number of carbonyl (C=O) groups excluding carboxylic acids is 1. The van der Waals surface area contributed by atoms with E-state index in [0.717, 1.165) is 5.56 Å². The van der Waals surface area contributed by atoms with Gasteiger partial charge < -0.3 is 15.2 Å². The van der Waals surface area contributed by atoms with Gasteiger partial charge in [-0.05, 0) is 6.92 Å². The molecular formula is C15H15N5O2S. The minimum Gasteiger partial charge on any atom is -0.375 e. The number of anilines is 1. The largest absolute Gasteiger partial charge is 0.375 e. The average Bonchev–Trinajstić information content (AvgIpc) is 3.13. The number of hydrogen-bond acceptors (Lipinski definition) is 7. The normalized spacial score (nSPS) is 10.7. The Morgan fingerprint density at radius 2 is 2.04 bits per heavy atom. The van der Waals surface area contributed by atoms with E-state index in [1.807, 2.05) is 30.3 Å². The molecule has 1 amide bonds. The smallest absolute Gasteiger partial charge is 0.266 e. The molecular weight excluding hydrogens is 314 g/mol. The van der Waals surface area contributed by atoms with Crippen LogP contribution in [0.4, 0.5) is 5.13 Å². The second-order valence-electron chi connectivity index (χ2n) is 5.01. The molecule has 0 aliphatic heterocycles. The van der Waals surface area contributed by atoms with Crippen LogP contribution < -0.4 is 5.73 Å². The third kappa shape index (κ3) is 3.21. The Bertz CT molecular complexity index is 828. The molecule has 0 spiro atoms. The van der Waals surface area contributed by atoms with Crippen LogP contribution in [0.15, 0.2) is 34.9 Å². The summed E-state index contributed by atoms with van der Waals surface area (Å²) in [6, 6.07) is 9.51. The number of aromatic nitrogens is 3. The molecule has 0 unspecified atom stereocenters. The Hall–Kier alpha value is -2.74. The molecule has 0 radical (unpaired) electrons. The maximum atomic E-state index is 12.4. The van der Waals surface area contributed by atoms with Gasteiger partial charge in [0.25, 0.3) is 5.91 Å². The van der Waals surface area contributed by atoms with Crippen molar-refractivity contribution in [1.82, 2.24) is 20.0 Å². The van der Waals surface area contributed by atoms with Crippen LogP contribution in [0, 0.1) is 6.92 Å². The van der Waals surface area contributed by atoms with Crippen LogP contribution in [0.1, 0.15) is 21.3 Å². The predicted octanol–water partition coefficient (Wildman–Crippen LogP) is 2.36. The van der Waals surface area contributed by atoms with E-state index in [2.05, 4.69) is 15.1 Å². The fourth-order valence-corrected chi connectivity index (χ4v) is 2.92. The highest BCUT2D eigenvalue weighted by Gasteiger charge is 2.20. The zero-order chi connectivity index (χ0) is 16.4. The standard InChI is InChI=1S/C15H15N5O2S/c1-9-12(23-15(16)17-9)14(21)20(2)8-11-18-13(19-22-11)10-6-4-3-5-7-10/h3-7H,8H2,1-2H3,(H2,16,17). The lowest BCUT2D eigenvalue weighted by Crippen LogP contribution is -2.26. The van der Waals surface area contributed by atoms with Crippen molar-refractivity contribution in [2.75, 3.05) is 12.8 Å². The molecule has 0 aliphatic rings. The lowest BCUT2D eigenvalue weighted by atomic mass is 10.2. The Balaban J connectivity index is 1.73. The van der Waals surface area contributed by atoms with Crippen LogP contribution >= 0.6 is 11.3 Å². The average molecular weight is 329 g/mol. The monoisotopic (exact) mass is 329 g/mol. The van der Waals surface area contributed by atoms with E-state index in [0.29, 0.717) is 27.4 Å². The molecule has 3 rings (SSSR count). The van der Waals surface area contributed by atoms with E-state index in [9.17, 15) is 4.79 Å². The van der Waals surface area contributed by atoms with Gasteiger partial charge >= 0.3 is 0 Å². The number of benzene rings is 1. The van der Waals surface area contributed by atoms with Crippen LogP contribution in [0.5, 0.6) is 0 Å². The Labute approximate surface area is 136 Å². The number of aryl methyl sites for hydroxylation is 1. The number of nitrogens with two attached hydrogens (primary N) is 1. The van der Waals surface area contributed by atoms with Gasteiger partial charge in [0.2, 0.25) is 11.7 Å². The quantitative estimate of drug-likeness (QED) is 0.789. The van der Waals surface area contributed by atoms with Gasteiger partial charge in [0, 0.05) is 12.6 Å². The number of thiazole rings is 1.